The molecule has 1 aromatic carbocycles. The van der Waals surface area contributed by atoms with Crippen molar-refractivity contribution in [3.63, 3.8) is 0 Å². The van der Waals surface area contributed by atoms with E-state index in [2.05, 4.69) is 15.6 Å². The molecule has 7 nitrogen and oxygen atoms in total. The van der Waals surface area contributed by atoms with Gasteiger partial charge in [0.1, 0.15) is 17.2 Å². The molecule has 2 aromatic rings. The van der Waals surface area contributed by atoms with Gasteiger partial charge in [-0.25, -0.2) is 4.98 Å². The number of nitrogens with one attached hydrogen (secondary N) is 2. The molecule has 0 saturated heterocycles. The van der Waals surface area contributed by atoms with Gasteiger partial charge in [-0.2, -0.15) is 13.2 Å². The minimum absolute atomic E-state index is 0.0345. The number of aliphatic hydroxyl groups is 1. The van der Waals surface area contributed by atoms with Crippen LogP contribution in [0.4, 0.5) is 19.0 Å². The van der Waals surface area contributed by atoms with Gasteiger partial charge in [-0.3, -0.25) is 9.59 Å². The van der Waals surface area contributed by atoms with Crippen molar-refractivity contribution in [2.24, 2.45) is 0 Å². The second-order valence-electron chi connectivity index (χ2n) is 7.57. The maximum atomic E-state index is 12.7. The number of ether oxygens (including phenoxy) is 1. The number of aryl methyl sites for hydroxylation is 1. The van der Waals surface area contributed by atoms with Crippen molar-refractivity contribution in [2.45, 2.75) is 45.5 Å². The van der Waals surface area contributed by atoms with Crippen molar-refractivity contribution in [1.29, 1.82) is 0 Å². The first-order valence-electron chi connectivity index (χ1n) is 9.37. The van der Waals surface area contributed by atoms with E-state index in [1.165, 1.54) is 44.2 Å². The molecule has 2 amide bonds. The Hall–Kier alpha value is -3.14. The first-order chi connectivity index (χ1) is 14.2. The first kappa shape index (κ1) is 24.1. The van der Waals surface area contributed by atoms with Crippen LogP contribution in [0.2, 0.25) is 0 Å². The van der Waals surface area contributed by atoms with Gasteiger partial charge in [0.15, 0.2) is 6.61 Å². The summed E-state index contributed by atoms with van der Waals surface area (Å²) in [5.74, 6) is -1.01. The number of hydrogen-bond donors (Lipinski definition) is 3. The molecule has 0 saturated carbocycles. The number of alkyl halides is 3. The summed E-state index contributed by atoms with van der Waals surface area (Å²) in [7, 11) is 0. The van der Waals surface area contributed by atoms with E-state index in [1.807, 2.05) is 0 Å². The number of benzene rings is 1. The van der Waals surface area contributed by atoms with Crippen molar-refractivity contribution >= 4 is 17.6 Å². The second-order valence-corrected chi connectivity index (χ2v) is 7.57. The molecule has 10 heteroatoms. The molecule has 3 N–H and O–H groups in total. The Morgan fingerprint density at radius 2 is 1.87 bits per heavy atom. The highest BCUT2D eigenvalue weighted by Crippen LogP contribution is 2.23. The Kier molecular flexibility index (Phi) is 7.27. The smallest absolute Gasteiger partial charge is 0.422 e. The van der Waals surface area contributed by atoms with E-state index < -0.39 is 36.2 Å². The van der Waals surface area contributed by atoms with Gasteiger partial charge < -0.3 is 20.5 Å². The molecule has 168 valence electrons. The topological polar surface area (TPSA) is 101 Å². The summed E-state index contributed by atoms with van der Waals surface area (Å²) in [6, 6.07) is 8.34. The maximum absolute atomic E-state index is 12.7. The summed E-state index contributed by atoms with van der Waals surface area (Å²) in [5, 5.41) is 14.9. The van der Waals surface area contributed by atoms with Crippen molar-refractivity contribution in [1.82, 2.24) is 10.3 Å². The zero-order valence-electron chi connectivity index (χ0n) is 17.5. The third kappa shape index (κ3) is 7.56. The normalized spacial score (nSPS) is 12.8. The quantitative estimate of drug-likeness (QED) is 0.613. The Morgan fingerprint density at radius 3 is 2.48 bits per heavy atom. The van der Waals surface area contributed by atoms with E-state index >= 15 is 0 Å². The van der Waals surface area contributed by atoms with Crippen molar-refractivity contribution in [2.75, 3.05) is 11.9 Å². The van der Waals surface area contributed by atoms with E-state index in [0.29, 0.717) is 11.3 Å². The lowest BCUT2D eigenvalue weighted by atomic mass is 10.1. The summed E-state index contributed by atoms with van der Waals surface area (Å²) in [6.07, 6.45) is -4.45. The van der Waals surface area contributed by atoms with Crippen LogP contribution in [0, 0.1) is 6.92 Å². The van der Waals surface area contributed by atoms with Crippen LogP contribution in [0.25, 0.3) is 0 Å². The minimum Gasteiger partial charge on any atom is -0.484 e. The SMILES string of the molecule is Cc1cc(C(=O)NC(C)c2cccc(OCC(F)(F)F)c2)cc(NC(=O)C(C)(C)O)n1. The molecule has 0 bridgehead atoms. The predicted octanol–water partition coefficient (Wildman–Crippen LogP) is 3.53. The molecule has 31 heavy (non-hydrogen) atoms. The monoisotopic (exact) mass is 439 g/mol. The van der Waals surface area contributed by atoms with Crippen molar-refractivity contribution < 1.29 is 32.6 Å². The van der Waals surface area contributed by atoms with Gasteiger partial charge in [0.2, 0.25) is 0 Å². The summed E-state index contributed by atoms with van der Waals surface area (Å²) < 4.78 is 41.8. The van der Waals surface area contributed by atoms with Crippen LogP contribution in [0.1, 0.15) is 48.4 Å². The molecule has 0 aliphatic carbocycles. The predicted molar refractivity (Wildman–Crippen MR) is 108 cm³/mol. The van der Waals surface area contributed by atoms with Gasteiger partial charge >= 0.3 is 6.18 Å². The maximum Gasteiger partial charge on any atom is 0.422 e. The minimum atomic E-state index is -4.45. The van der Waals surface area contributed by atoms with Gasteiger partial charge in [0.05, 0.1) is 6.04 Å². The van der Waals surface area contributed by atoms with Gasteiger partial charge in [0.25, 0.3) is 11.8 Å². The average Bonchev–Trinajstić information content (AvgIpc) is 2.64. The summed E-state index contributed by atoms with van der Waals surface area (Å²) in [6.45, 7) is 4.54. The fourth-order valence-electron chi connectivity index (χ4n) is 2.54. The number of hydrogen-bond acceptors (Lipinski definition) is 5. The van der Waals surface area contributed by atoms with E-state index in [0.717, 1.165) is 0 Å². The Balaban J connectivity index is 2.12. The lowest BCUT2D eigenvalue weighted by Gasteiger charge is -2.18. The molecule has 0 aliphatic heterocycles. The summed E-state index contributed by atoms with van der Waals surface area (Å²) in [4.78, 5) is 28.8. The second kappa shape index (κ2) is 9.34. The highest BCUT2D eigenvalue weighted by Gasteiger charge is 2.28. The van der Waals surface area contributed by atoms with E-state index in [9.17, 15) is 27.9 Å². The molecular weight excluding hydrogens is 415 g/mol. The van der Waals surface area contributed by atoms with Gasteiger partial charge in [-0.1, -0.05) is 12.1 Å². The number of rotatable bonds is 7. The van der Waals surface area contributed by atoms with Crippen LogP contribution >= 0.6 is 0 Å². The molecule has 0 spiro atoms. The average molecular weight is 439 g/mol. The molecule has 1 unspecified atom stereocenters. The van der Waals surface area contributed by atoms with Crippen molar-refractivity contribution in [3.05, 3.63) is 53.2 Å². The standard InChI is InChI=1S/C21H24F3N3O4/c1-12-8-15(10-17(25-12)27-19(29)20(3,4)30)18(28)26-13(2)14-6-5-7-16(9-14)31-11-21(22,23)24/h5-10,13,30H,11H2,1-4H3,(H,26,28)(H,25,27,29). The van der Waals surface area contributed by atoms with Crippen LogP contribution in [-0.2, 0) is 4.79 Å². The Bertz CT molecular complexity index is 956. The van der Waals surface area contributed by atoms with Crippen LogP contribution < -0.4 is 15.4 Å². The Morgan fingerprint density at radius 1 is 1.19 bits per heavy atom. The fourth-order valence-corrected chi connectivity index (χ4v) is 2.54. The zero-order valence-corrected chi connectivity index (χ0v) is 17.5. The van der Waals surface area contributed by atoms with Crippen molar-refractivity contribution in [3.8, 4) is 5.75 Å². The lowest BCUT2D eigenvalue weighted by molar-refractivity contribution is -0.153. The summed E-state index contributed by atoms with van der Waals surface area (Å²) >= 11 is 0. The van der Waals surface area contributed by atoms with Gasteiger partial charge in [0, 0.05) is 11.3 Å². The lowest BCUT2D eigenvalue weighted by Crippen LogP contribution is -2.37. The third-order valence-corrected chi connectivity index (χ3v) is 4.12. The molecule has 0 radical (unpaired) electrons. The van der Waals surface area contributed by atoms with Gasteiger partial charge in [-0.05, 0) is 57.5 Å². The number of amides is 2. The van der Waals surface area contributed by atoms with E-state index in [1.54, 1.807) is 19.9 Å². The number of aromatic nitrogens is 1. The summed E-state index contributed by atoms with van der Waals surface area (Å²) in [5.41, 5.74) is -0.389. The third-order valence-electron chi connectivity index (χ3n) is 4.12. The molecule has 1 aromatic heterocycles. The molecule has 1 atom stereocenters. The van der Waals surface area contributed by atoms with Crippen LogP contribution in [0.3, 0.4) is 0 Å². The molecule has 2 rings (SSSR count). The molecule has 0 aliphatic rings. The Labute approximate surface area is 177 Å². The number of nitrogens with zero attached hydrogens (tertiary/aromatic N) is 1. The number of pyridine rings is 1. The van der Waals surface area contributed by atoms with Crippen LogP contribution in [0.5, 0.6) is 5.75 Å². The zero-order chi connectivity index (χ0) is 23.4. The molecule has 1 heterocycles. The number of carbonyl (C=O) groups is 2. The number of halogens is 3. The fraction of sp³-hybridized carbons (Fsp3) is 0.381. The van der Waals surface area contributed by atoms with Crippen LogP contribution in [0.15, 0.2) is 36.4 Å². The highest BCUT2D eigenvalue weighted by molar-refractivity contribution is 5.98. The van der Waals surface area contributed by atoms with Crippen LogP contribution in [-0.4, -0.2) is 40.3 Å². The van der Waals surface area contributed by atoms with Gasteiger partial charge in [-0.15, -0.1) is 0 Å². The number of carbonyl (C=O) groups excluding carboxylic acids is 2. The van der Waals surface area contributed by atoms with E-state index in [4.69, 9.17) is 4.74 Å². The van der Waals surface area contributed by atoms with E-state index in [-0.39, 0.29) is 17.1 Å². The molecule has 0 fully saturated rings. The largest absolute Gasteiger partial charge is 0.484 e. The first-order valence-corrected chi connectivity index (χ1v) is 9.37. The highest BCUT2D eigenvalue weighted by atomic mass is 19.4. The molecular formula is C21H24F3N3O4. The number of anilines is 1.